The Morgan fingerprint density at radius 3 is 1.06 bits per heavy atom. The van der Waals surface area contributed by atoms with Crippen LogP contribution in [0.25, 0.3) is 0 Å². The third kappa shape index (κ3) is 13.2. The first-order chi connectivity index (χ1) is 15.1. The second-order valence-electron chi connectivity index (χ2n) is 7.25. The second kappa shape index (κ2) is 17.1. The summed E-state index contributed by atoms with van der Waals surface area (Å²) in [5.74, 6) is -2.33. The number of hydrogen-bond donors (Lipinski definition) is 0. The van der Waals surface area contributed by atoms with E-state index in [1.54, 1.807) is 0 Å². The average Bonchev–Trinajstić information content (AvgIpc) is 2.73. The van der Waals surface area contributed by atoms with Gasteiger partial charge in [0.05, 0.1) is 19.8 Å². The molecule has 0 aliphatic heterocycles. The predicted molar refractivity (Wildman–Crippen MR) is 117 cm³/mol. The van der Waals surface area contributed by atoms with E-state index in [1.165, 1.54) is 20.8 Å². The molecule has 0 saturated carbocycles. The maximum atomic E-state index is 13.3. The third-order valence-corrected chi connectivity index (χ3v) is 5.81. The van der Waals surface area contributed by atoms with Crippen molar-refractivity contribution in [3.63, 3.8) is 0 Å². The Morgan fingerprint density at radius 2 is 0.844 bits per heavy atom. The fourth-order valence-electron chi connectivity index (χ4n) is 2.09. The van der Waals surface area contributed by atoms with E-state index < -0.39 is 44.0 Å². The van der Waals surface area contributed by atoms with Gasteiger partial charge in [0.1, 0.15) is 0 Å². The fraction of sp³-hybridized carbons (Fsp3) is 0.857. The number of carbonyl (C=O) groups is 3. The number of esters is 3. The van der Waals surface area contributed by atoms with Crippen molar-refractivity contribution in [1.82, 2.24) is 0 Å². The summed E-state index contributed by atoms with van der Waals surface area (Å²) in [7, 11) is -4.57. The summed E-state index contributed by atoms with van der Waals surface area (Å²) in [5, 5.41) is 0. The Morgan fingerprint density at radius 1 is 0.594 bits per heavy atom. The summed E-state index contributed by atoms with van der Waals surface area (Å²) in [6.45, 7) is 10.3. The average molecular weight is 483 g/mol. The molecule has 3 atom stereocenters. The second-order valence-corrected chi connectivity index (χ2v) is 8.78. The first kappa shape index (κ1) is 30.5. The number of rotatable bonds is 18. The third-order valence-electron chi connectivity index (χ3n) is 4.08. The smallest absolute Gasteiger partial charge is 0.464 e. The van der Waals surface area contributed by atoms with Gasteiger partial charge in [-0.1, -0.05) is 40.0 Å². The molecule has 0 rings (SSSR count). The number of phosphoric ester groups is 1. The number of hydrogen-bond acceptors (Lipinski definition) is 10. The molecule has 11 heteroatoms. The van der Waals surface area contributed by atoms with Crippen molar-refractivity contribution < 1.29 is 46.7 Å². The molecule has 0 aliphatic rings. The van der Waals surface area contributed by atoms with Crippen LogP contribution in [0.4, 0.5) is 0 Å². The molecular formula is C21H39O10P. The van der Waals surface area contributed by atoms with Crippen molar-refractivity contribution in [3.8, 4) is 0 Å². The van der Waals surface area contributed by atoms with E-state index in [-0.39, 0.29) is 19.8 Å². The molecule has 0 heterocycles. The lowest BCUT2D eigenvalue weighted by Gasteiger charge is -2.25. The molecule has 0 spiro atoms. The summed E-state index contributed by atoms with van der Waals surface area (Å²) < 4.78 is 44.1. The van der Waals surface area contributed by atoms with Crippen LogP contribution in [0.15, 0.2) is 0 Å². The minimum atomic E-state index is -4.57. The SMILES string of the molecule is CCCCOC(=O)[C@H](C)OP(=O)(O[C@@H](C)C(=O)OCCCC)O[C@H](C)C(=O)OCCCC. The van der Waals surface area contributed by atoms with Gasteiger partial charge in [-0.3, -0.25) is 13.6 Å². The van der Waals surface area contributed by atoms with Crippen LogP contribution in [0.1, 0.15) is 80.1 Å². The van der Waals surface area contributed by atoms with E-state index in [2.05, 4.69) is 0 Å². The van der Waals surface area contributed by atoms with Crippen LogP contribution in [0.5, 0.6) is 0 Å². The fourth-order valence-corrected chi connectivity index (χ4v) is 3.66. The topological polar surface area (TPSA) is 124 Å². The van der Waals surface area contributed by atoms with Crippen LogP contribution >= 0.6 is 7.82 Å². The van der Waals surface area contributed by atoms with E-state index in [1.807, 2.05) is 20.8 Å². The zero-order chi connectivity index (χ0) is 24.6. The van der Waals surface area contributed by atoms with Crippen molar-refractivity contribution in [2.45, 2.75) is 98.4 Å². The molecule has 188 valence electrons. The lowest BCUT2D eigenvalue weighted by atomic mass is 10.3. The quantitative estimate of drug-likeness (QED) is 0.121. The lowest BCUT2D eigenvalue weighted by molar-refractivity contribution is -0.157. The molecule has 0 aromatic carbocycles. The van der Waals surface area contributed by atoms with Crippen molar-refractivity contribution in [1.29, 1.82) is 0 Å². The molecule has 0 saturated heterocycles. The van der Waals surface area contributed by atoms with Crippen LogP contribution in [0, 0.1) is 0 Å². The zero-order valence-corrected chi connectivity index (χ0v) is 21.0. The molecular weight excluding hydrogens is 443 g/mol. The van der Waals surface area contributed by atoms with E-state index in [0.29, 0.717) is 19.3 Å². The summed E-state index contributed by atoms with van der Waals surface area (Å²) in [5.41, 5.74) is 0. The van der Waals surface area contributed by atoms with Gasteiger partial charge in [-0.25, -0.2) is 18.9 Å². The lowest BCUT2D eigenvalue weighted by Crippen LogP contribution is -2.30. The monoisotopic (exact) mass is 482 g/mol. The van der Waals surface area contributed by atoms with Gasteiger partial charge >= 0.3 is 25.7 Å². The van der Waals surface area contributed by atoms with Gasteiger partial charge in [0, 0.05) is 0 Å². The molecule has 0 bridgehead atoms. The van der Waals surface area contributed by atoms with Gasteiger partial charge in [0.2, 0.25) is 0 Å². The van der Waals surface area contributed by atoms with Crippen molar-refractivity contribution in [2.75, 3.05) is 19.8 Å². The minimum Gasteiger partial charge on any atom is -0.464 e. The molecule has 10 nitrogen and oxygen atoms in total. The Hall–Kier alpha value is -1.48. The van der Waals surface area contributed by atoms with Crippen LogP contribution in [-0.2, 0) is 46.7 Å². The molecule has 0 N–H and O–H groups in total. The van der Waals surface area contributed by atoms with Crippen molar-refractivity contribution in [3.05, 3.63) is 0 Å². The van der Waals surface area contributed by atoms with E-state index in [0.717, 1.165) is 19.3 Å². The highest BCUT2D eigenvalue weighted by atomic mass is 31.2. The maximum Gasteiger partial charge on any atom is 0.477 e. The standard InChI is InChI=1S/C21H39O10P/c1-7-10-13-26-19(22)16(4)29-32(25,30-17(5)20(23)27-14-11-8-2)31-18(6)21(24)28-15-12-9-3/h16-18H,7-15H2,1-6H3/t16-,17-,18+/m0/s1. The largest absolute Gasteiger partial charge is 0.477 e. The van der Waals surface area contributed by atoms with Crippen LogP contribution in [-0.4, -0.2) is 56.0 Å². The van der Waals surface area contributed by atoms with Gasteiger partial charge in [0.15, 0.2) is 18.3 Å². The number of ether oxygens (including phenoxy) is 3. The van der Waals surface area contributed by atoms with Crippen LogP contribution in [0.3, 0.4) is 0 Å². The maximum absolute atomic E-state index is 13.3. The van der Waals surface area contributed by atoms with E-state index in [4.69, 9.17) is 27.8 Å². The van der Waals surface area contributed by atoms with Gasteiger partial charge in [-0.15, -0.1) is 0 Å². The highest BCUT2D eigenvalue weighted by molar-refractivity contribution is 7.48. The van der Waals surface area contributed by atoms with Crippen LogP contribution < -0.4 is 0 Å². The number of phosphoric acid groups is 1. The summed E-state index contributed by atoms with van der Waals surface area (Å²) in [4.78, 5) is 36.4. The first-order valence-corrected chi connectivity index (χ1v) is 12.7. The highest BCUT2D eigenvalue weighted by Crippen LogP contribution is 2.53. The molecule has 0 radical (unpaired) electrons. The normalized spacial score (nSPS) is 14.3. The zero-order valence-electron chi connectivity index (χ0n) is 20.1. The summed E-state index contributed by atoms with van der Waals surface area (Å²) >= 11 is 0. The molecule has 0 aromatic rings. The Balaban J connectivity index is 5.25. The molecule has 0 aliphatic carbocycles. The molecule has 0 unspecified atom stereocenters. The molecule has 0 fully saturated rings. The Kier molecular flexibility index (Phi) is 16.3. The first-order valence-electron chi connectivity index (χ1n) is 11.2. The van der Waals surface area contributed by atoms with E-state index >= 15 is 0 Å². The molecule has 32 heavy (non-hydrogen) atoms. The highest BCUT2D eigenvalue weighted by Gasteiger charge is 2.40. The molecule has 0 amide bonds. The number of unbranched alkanes of at least 4 members (excludes halogenated alkanes) is 3. The molecule has 0 aromatic heterocycles. The van der Waals surface area contributed by atoms with Crippen molar-refractivity contribution in [2.24, 2.45) is 0 Å². The van der Waals surface area contributed by atoms with E-state index in [9.17, 15) is 18.9 Å². The Labute approximate surface area is 191 Å². The van der Waals surface area contributed by atoms with Crippen molar-refractivity contribution >= 4 is 25.7 Å². The Bertz CT molecular complexity index is 529. The minimum absolute atomic E-state index is 0.176. The summed E-state index contributed by atoms with van der Waals surface area (Å²) in [6, 6.07) is 0. The van der Waals surface area contributed by atoms with Gasteiger partial charge < -0.3 is 14.2 Å². The van der Waals surface area contributed by atoms with Crippen LogP contribution in [0.2, 0.25) is 0 Å². The predicted octanol–water partition coefficient (Wildman–Crippen LogP) is 4.34. The van der Waals surface area contributed by atoms with Gasteiger partial charge in [-0.05, 0) is 40.0 Å². The van der Waals surface area contributed by atoms with Gasteiger partial charge in [-0.2, -0.15) is 0 Å². The summed E-state index contributed by atoms with van der Waals surface area (Å²) in [6.07, 6.45) is 0.449. The number of carbonyl (C=O) groups excluding carboxylic acids is 3. The van der Waals surface area contributed by atoms with Gasteiger partial charge in [0.25, 0.3) is 0 Å².